The molecule has 1 heterocycles. The van der Waals surface area contributed by atoms with Crippen molar-refractivity contribution in [2.45, 2.75) is 18.4 Å². The van der Waals surface area contributed by atoms with E-state index in [1.165, 1.54) is 18.2 Å². The Bertz CT molecular complexity index is 1010. The van der Waals surface area contributed by atoms with Gasteiger partial charge in [-0.1, -0.05) is 35.9 Å². The van der Waals surface area contributed by atoms with Gasteiger partial charge in [0.2, 0.25) is 15.9 Å². The lowest BCUT2D eigenvalue weighted by molar-refractivity contribution is -0.118. The third-order valence-corrected chi connectivity index (χ3v) is 6.17. The highest BCUT2D eigenvalue weighted by Crippen LogP contribution is 2.20. The number of aryl methyl sites for hydroxylation is 1. The SMILES string of the molecule is Cc1ccc(S(=O)(=O)N(C)CC(=O)N(Cc2ccco2)c2ccccc2)cc1. The second-order valence-corrected chi connectivity index (χ2v) is 8.51. The molecule has 3 aromatic rings. The van der Waals surface area contributed by atoms with Gasteiger partial charge in [0.15, 0.2) is 0 Å². The average Bonchev–Trinajstić information content (AvgIpc) is 3.20. The summed E-state index contributed by atoms with van der Waals surface area (Å²) in [4.78, 5) is 14.7. The van der Waals surface area contributed by atoms with Gasteiger partial charge >= 0.3 is 0 Å². The zero-order valence-electron chi connectivity index (χ0n) is 15.8. The minimum absolute atomic E-state index is 0.158. The van der Waals surface area contributed by atoms with Crippen LogP contribution in [0.1, 0.15) is 11.3 Å². The molecule has 0 atom stereocenters. The van der Waals surface area contributed by atoms with Gasteiger partial charge in [0.1, 0.15) is 5.76 Å². The number of sulfonamides is 1. The number of benzene rings is 2. The molecule has 28 heavy (non-hydrogen) atoms. The number of rotatable bonds is 7. The van der Waals surface area contributed by atoms with E-state index in [-0.39, 0.29) is 23.9 Å². The van der Waals surface area contributed by atoms with Crippen molar-refractivity contribution in [2.24, 2.45) is 0 Å². The highest BCUT2D eigenvalue weighted by molar-refractivity contribution is 7.89. The Morgan fingerprint density at radius 1 is 0.964 bits per heavy atom. The summed E-state index contributed by atoms with van der Waals surface area (Å²) in [5, 5.41) is 0. The number of likely N-dealkylation sites (N-methyl/N-ethyl adjacent to an activating group) is 1. The van der Waals surface area contributed by atoms with E-state index in [4.69, 9.17) is 4.42 Å². The first-order valence-corrected chi connectivity index (χ1v) is 10.2. The van der Waals surface area contributed by atoms with E-state index >= 15 is 0 Å². The number of carbonyl (C=O) groups is 1. The molecule has 0 fully saturated rings. The molecule has 1 aromatic heterocycles. The lowest BCUT2D eigenvalue weighted by Crippen LogP contribution is -2.41. The molecule has 0 N–H and O–H groups in total. The minimum Gasteiger partial charge on any atom is -0.467 e. The summed E-state index contributed by atoms with van der Waals surface area (Å²) < 4.78 is 32.0. The van der Waals surface area contributed by atoms with E-state index in [1.807, 2.05) is 25.1 Å². The molecule has 0 aliphatic rings. The van der Waals surface area contributed by atoms with Crippen molar-refractivity contribution in [1.29, 1.82) is 0 Å². The number of nitrogens with zero attached hydrogens (tertiary/aromatic N) is 2. The number of anilines is 1. The quantitative estimate of drug-likeness (QED) is 0.611. The molecule has 7 heteroatoms. The molecular formula is C21H22N2O4S. The fraction of sp³-hybridized carbons (Fsp3) is 0.190. The lowest BCUT2D eigenvalue weighted by atomic mass is 10.2. The monoisotopic (exact) mass is 398 g/mol. The summed E-state index contributed by atoms with van der Waals surface area (Å²) in [6.45, 7) is 1.82. The number of furan rings is 1. The average molecular weight is 398 g/mol. The first-order valence-electron chi connectivity index (χ1n) is 8.79. The highest BCUT2D eigenvalue weighted by Gasteiger charge is 2.26. The second-order valence-electron chi connectivity index (χ2n) is 6.47. The third-order valence-electron chi connectivity index (χ3n) is 4.35. The van der Waals surface area contributed by atoms with Crippen LogP contribution in [0.3, 0.4) is 0 Å². The van der Waals surface area contributed by atoms with E-state index in [9.17, 15) is 13.2 Å². The largest absolute Gasteiger partial charge is 0.467 e. The fourth-order valence-corrected chi connectivity index (χ4v) is 3.86. The number of para-hydroxylation sites is 1. The number of carbonyl (C=O) groups excluding carboxylic acids is 1. The standard InChI is InChI=1S/C21H22N2O4S/c1-17-10-12-20(13-11-17)28(25,26)22(2)16-21(24)23(15-19-9-6-14-27-19)18-7-4-3-5-8-18/h3-14H,15-16H2,1-2H3. The number of amides is 1. The first-order chi connectivity index (χ1) is 13.4. The zero-order valence-corrected chi connectivity index (χ0v) is 16.6. The van der Waals surface area contributed by atoms with Crippen LogP contribution in [-0.4, -0.2) is 32.2 Å². The predicted octanol–water partition coefficient (Wildman–Crippen LogP) is 3.44. The van der Waals surface area contributed by atoms with E-state index in [0.717, 1.165) is 9.87 Å². The summed E-state index contributed by atoms with van der Waals surface area (Å²) in [6, 6.07) is 19.2. The summed E-state index contributed by atoms with van der Waals surface area (Å²) in [7, 11) is -2.36. The lowest BCUT2D eigenvalue weighted by Gasteiger charge is -2.25. The van der Waals surface area contributed by atoms with Crippen molar-refractivity contribution in [2.75, 3.05) is 18.5 Å². The fourth-order valence-electron chi connectivity index (χ4n) is 2.74. The predicted molar refractivity (Wildman–Crippen MR) is 107 cm³/mol. The molecule has 146 valence electrons. The van der Waals surface area contributed by atoms with Crippen molar-refractivity contribution in [3.63, 3.8) is 0 Å². The smallest absolute Gasteiger partial charge is 0.243 e. The van der Waals surface area contributed by atoms with Crippen molar-refractivity contribution in [3.8, 4) is 0 Å². The van der Waals surface area contributed by atoms with Crippen LogP contribution in [0.25, 0.3) is 0 Å². The van der Waals surface area contributed by atoms with Gasteiger partial charge in [0, 0.05) is 12.7 Å². The molecule has 6 nitrogen and oxygen atoms in total. The van der Waals surface area contributed by atoms with Crippen LogP contribution in [0.15, 0.2) is 82.3 Å². The summed E-state index contributed by atoms with van der Waals surface area (Å²) in [5.74, 6) is 0.266. The van der Waals surface area contributed by atoms with E-state index in [0.29, 0.717) is 11.4 Å². The molecule has 1 amide bonds. The van der Waals surface area contributed by atoms with E-state index in [2.05, 4.69) is 0 Å². The van der Waals surface area contributed by atoms with Gasteiger partial charge in [-0.15, -0.1) is 0 Å². The topological polar surface area (TPSA) is 70.8 Å². The molecule has 2 aromatic carbocycles. The van der Waals surface area contributed by atoms with Crippen LogP contribution < -0.4 is 4.90 Å². The molecule has 0 aliphatic heterocycles. The van der Waals surface area contributed by atoms with Crippen molar-refractivity contribution in [3.05, 3.63) is 84.3 Å². The van der Waals surface area contributed by atoms with Crippen LogP contribution in [0.2, 0.25) is 0 Å². The molecule has 0 unspecified atom stereocenters. The second kappa shape index (κ2) is 8.41. The maximum atomic E-state index is 13.0. The Balaban J connectivity index is 1.81. The Morgan fingerprint density at radius 2 is 1.64 bits per heavy atom. The van der Waals surface area contributed by atoms with Gasteiger partial charge < -0.3 is 9.32 Å². The Morgan fingerprint density at radius 3 is 2.25 bits per heavy atom. The third kappa shape index (κ3) is 4.49. The number of hydrogen-bond acceptors (Lipinski definition) is 4. The van der Waals surface area contributed by atoms with Crippen molar-refractivity contribution < 1.29 is 17.6 Å². The van der Waals surface area contributed by atoms with Crippen LogP contribution in [0.5, 0.6) is 0 Å². The van der Waals surface area contributed by atoms with Crippen molar-refractivity contribution in [1.82, 2.24) is 4.31 Å². The number of hydrogen-bond donors (Lipinski definition) is 0. The maximum absolute atomic E-state index is 13.0. The van der Waals surface area contributed by atoms with Gasteiger partial charge in [0.05, 0.1) is 24.2 Å². The molecule has 3 rings (SSSR count). The summed E-state index contributed by atoms with van der Waals surface area (Å²) >= 11 is 0. The molecule has 0 spiro atoms. The van der Waals surface area contributed by atoms with Gasteiger partial charge in [-0.25, -0.2) is 8.42 Å². The molecule has 0 saturated heterocycles. The van der Waals surface area contributed by atoms with Crippen molar-refractivity contribution >= 4 is 21.6 Å². The maximum Gasteiger partial charge on any atom is 0.243 e. The molecular weight excluding hydrogens is 376 g/mol. The summed E-state index contributed by atoms with van der Waals surface area (Å²) in [5.41, 5.74) is 1.64. The normalized spacial score (nSPS) is 11.5. The minimum atomic E-state index is -3.77. The van der Waals surface area contributed by atoms with Gasteiger partial charge in [-0.05, 0) is 43.3 Å². The van der Waals surface area contributed by atoms with Crippen LogP contribution in [0, 0.1) is 6.92 Å². The van der Waals surface area contributed by atoms with Gasteiger partial charge in [0.25, 0.3) is 0 Å². The van der Waals surface area contributed by atoms with Crippen LogP contribution in [-0.2, 0) is 21.4 Å². The van der Waals surface area contributed by atoms with Gasteiger partial charge in [-0.3, -0.25) is 4.79 Å². The molecule has 0 bridgehead atoms. The zero-order chi connectivity index (χ0) is 20.1. The van der Waals surface area contributed by atoms with Crippen LogP contribution >= 0.6 is 0 Å². The highest BCUT2D eigenvalue weighted by atomic mass is 32.2. The molecule has 0 radical (unpaired) electrons. The Labute approximate surface area is 165 Å². The van der Waals surface area contributed by atoms with Crippen LogP contribution in [0.4, 0.5) is 5.69 Å². The molecule has 0 saturated carbocycles. The Hall–Kier alpha value is -2.90. The van der Waals surface area contributed by atoms with E-state index < -0.39 is 10.0 Å². The molecule has 0 aliphatic carbocycles. The van der Waals surface area contributed by atoms with Gasteiger partial charge in [-0.2, -0.15) is 4.31 Å². The first kappa shape index (κ1) is 19.9. The van der Waals surface area contributed by atoms with E-state index in [1.54, 1.807) is 48.5 Å². The Kier molecular flexibility index (Phi) is 5.96. The summed E-state index contributed by atoms with van der Waals surface area (Å²) in [6.07, 6.45) is 1.54.